The average molecular weight is 268 g/mol. The van der Waals surface area contributed by atoms with E-state index in [0.717, 1.165) is 51.7 Å². The molecule has 4 heteroatoms. The predicted molar refractivity (Wildman–Crippen MR) is 75.9 cm³/mol. The second-order valence-corrected chi connectivity index (χ2v) is 6.56. The molecular weight excluding hydrogens is 240 g/mol. The number of aliphatic hydroxyl groups is 1. The standard InChI is InChI=1S/C15H28N2O2/c1-13-6-3-4-10-17(13)14(18)12-16-9-5-7-15(2,19)8-11-16/h13,19H,3-12H2,1-2H3. The van der Waals surface area contributed by atoms with E-state index in [1.807, 2.05) is 11.8 Å². The molecule has 0 bridgehead atoms. The number of amides is 1. The van der Waals surface area contributed by atoms with E-state index in [4.69, 9.17) is 0 Å². The zero-order valence-electron chi connectivity index (χ0n) is 12.4. The smallest absolute Gasteiger partial charge is 0.236 e. The van der Waals surface area contributed by atoms with Crippen molar-refractivity contribution < 1.29 is 9.90 Å². The summed E-state index contributed by atoms with van der Waals surface area (Å²) in [4.78, 5) is 16.6. The van der Waals surface area contributed by atoms with Gasteiger partial charge in [-0.3, -0.25) is 9.69 Å². The number of hydrogen-bond donors (Lipinski definition) is 1. The summed E-state index contributed by atoms with van der Waals surface area (Å²) in [5.41, 5.74) is -0.545. The van der Waals surface area contributed by atoms with Crippen molar-refractivity contribution in [3.63, 3.8) is 0 Å². The molecule has 2 unspecified atom stereocenters. The third-order valence-corrected chi connectivity index (χ3v) is 4.64. The summed E-state index contributed by atoms with van der Waals surface area (Å²) in [6, 6.07) is 0.399. The number of piperidine rings is 1. The molecule has 4 nitrogen and oxygen atoms in total. The van der Waals surface area contributed by atoms with Gasteiger partial charge in [-0.1, -0.05) is 0 Å². The molecule has 0 aromatic carbocycles. The molecule has 0 aliphatic carbocycles. The van der Waals surface area contributed by atoms with Gasteiger partial charge in [0.25, 0.3) is 0 Å². The van der Waals surface area contributed by atoms with E-state index >= 15 is 0 Å². The monoisotopic (exact) mass is 268 g/mol. The summed E-state index contributed by atoms with van der Waals surface area (Å²) in [6.45, 7) is 7.28. The van der Waals surface area contributed by atoms with Crippen LogP contribution in [0.25, 0.3) is 0 Å². The lowest BCUT2D eigenvalue weighted by Crippen LogP contribution is -2.47. The largest absolute Gasteiger partial charge is 0.390 e. The second kappa shape index (κ2) is 6.23. The van der Waals surface area contributed by atoms with Crippen LogP contribution in [-0.4, -0.2) is 58.6 Å². The number of carbonyl (C=O) groups is 1. The third-order valence-electron chi connectivity index (χ3n) is 4.64. The first kappa shape index (κ1) is 14.8. The van der Waals surface area contributed by atoms with Crippen LogP contribution in [0.2, 0.25) is 0 Å². The number of hydrogen-bond acceptors (Lipinski definition) is 3. The summed E-state index contributed by atoms with van der Waals surface area (Å²) in [5, 5.41) is 10.1. The maximum atomic E-state index is 12.4. The van der Waals surface area contributed by atoms with Gasteiger partial charge >= 0.3 is 0 Å². The van der Waals surface area contributed by atoms with E-state index < -0.39 is 5.60 Å². The highest BCUT2D eigenvalue weighted by atomic mass is 16.3. The van der Waals surface area contributed by atoms with Crippen molar-refractivity contribution in [1.29, 1.82) is 0 Å². The predicted octanol–water partition coefficient (Wildman–Crippen LogP) is 1.62. The van der Waals surface area contributed by atoms with Gasteiger partial charge in [0.2, 0.25) is 5.91 Å². The van der Waals surface area contributed by atoms with Gasteiger partial charge in [-0.2, -0.15) is 0 Å². The zero-order valence-corrected chi connectivity index (χ0v) is 12.4. The molecule has 1 N–H and O–H groups in total. The van der Waals surface area contributed by atoms with Gasteiger partial charge in [0, 0.05) is 19.1 Å². The van der Waals surface area contributed by atoms with Crippen molar-refractivity contribution in [2.24, 2.45) is 0 Å². The minimum Gasteiger partial charge on any atom is -0.390 e. The Labute approximate surface area is 116 Å². The number of likely N-dealkylation sites (tertiary alicyclic amines) is 2. The molecule has 2 heterocycles. The van der Waals surface area contributed by atoms with E-state index in [-0.39, 0.29) is 5.91 Å². The first-order valence-corrected chi connectivity index (χ1v) is 7.72. The summed E-state index contributed by atoms with van der Waals surface area (Å²) in [6.07, 6.45) is 6.13. The van der Waals surface area contributed by atoms with Crippen LogP contribution in [0.1, 0.15) is 52.4 Å². The van der Waals surface area contributed by atoms with Crippen molar-refractivity contribution in [3.05, 3.63) is 0 Å². The van der Waals surface area contributed by atoms with Crippen molar-refractivity contribution in [3.8, 4) is 0 Å². The molecule has 0 spiro atoms. The fourth-order valence-electron chi connectivity index (χ4n) is 3.23. The molecule has 2 rings (SSSR count). The first-order valence-electron chi connectivity index (χ1n) is 7.72. The Kier molecular flexibility index (Phi) is 4.85. The van der Waals surface area contributed by atoms with Crippen molar-refractivity contribution >= 4 is 5.91 Å². The highest BCUT2D eigenvalue weighted by Gasteiger charge is 2.28. The molecule has 1 amide bonds. The number of carbonyl (C=O) groups excluding carboxylic acids is 1. The van der Waals surface area contributed by atoms with Crippen LogP contribution >= 0.6 is 0 Å². The van der Waals surface area contributed by atoms with Crippen LogP contribution in [0.4, 0.5) is 0 Å². The van der Waals surface area contributed by atoms with Gasteiger partial charge in [-0.15, -0.1) is 0 Å². The van der Waals surface area contributed by atoms with E-state index in [1.165, 1.54) is 6.42 Å². The number of rotatable bonds is 2. The normalized spacial score (nSPS) is 34.1. The molecule has 19 heavy (non-hydrogen) atoms. The third kappa shape index (κ3) is 4.18. The summed E-state index contributed by atoms with van der Waals surface area (Å²) < 4.78 is 0. The molecule has 2 fully saturated rings. The Morgan fingerprint density at radius 2 is 2.00 bits per heavy atom. The Bertz CT molecular complexity index is 317. The highest BCUT2D eigenvalue weighted by molar-refractivity contribution is 5.78. The van der Waals surface area contributed by atoms with Gasteiger partial charge in [0.05, 0.1) is 12.1 Å². The summed E-state index contributed by atoms with van der Waals surface area (Å²) >= 11 is 0. The summed E-state index contributed by atoms with van der Waals surface area (Å²) in [7, 11) is 0. The summed E-state index contributed by atoms with van der Waals surface area (Å²) in [5.74, 6) is 0.272. The second-order valence-electron chi connectivity index (χ2n) is 6.56. The molecular formula is C15H28N2O2. The van der Waals surface area contributed by atoms with Crippen LogP contribution in [0.3, 0.4) is 0 Å². The van der Waals surface area contributed by atoms with Crippen molar-refractivity contribution in [2.75, 3.05) is 26.2 Å². The zero-order chi connectivity index (χ0) is 13.9. The minimum absolute atomic E-state index is 0.272. The first-order chi connectivity index (χ1) is 8.98. The highest BCUT2D eigenvalue weighted by Crippen LogP contribution is 2.22. The average Bonchev–Trinajstić information content (AvgIpc) is 2.51. The van der Waals surface area contributed by atoms with Crippen LogP contribution in [0, 0.1) is 0 Å². The quantitative estimate of drug-likeness (QED) is 0.828. The lowest BCUT2D eigenvalue weighted by molar-refractivity contribution is -0.135. The van der Waals surface area contributed by atoms with Crippen LogP contribution in [0.15, 0.2) is 0 Å². The van der Waals surface area contributed by atoms with Crippen LogP contribution in [0.5, 0.6) is 0 Å². The van der Waals surface area contributed by atoms with Crippen LogP contribution < -0.4 is 0 Å². The van der Waals surface area contributed by atoms with E-state index in [0.29, 0.717) is 12.6 Å². The van der Waals surface area contributed by atoms with Crippen molar-refractivity contribution in [2.45, 2.75) is 64.0 Å². The molecule has 0 saturated carbocycles. The van der Waals surface area contributed by atoms with E-state index in [9.17, 15) is 9.90 Å². The molecule has 2 saturated heterocycles. The molecule has 2 aliphatic heterocycles. The molecule has 2 atom stereocenters. The van der Waals surface area contributed by atoms with Crippen molar-refractivity contribution in [1.82, 2.24) is 9.80 Å². The van der Waals surface area contributed by atoms with Gasteiger partial charge < -0.3 is 10.0 Å². The fourth-order valence-corrected chi connectivity index (χ4v) is 3.23. The molecule has 0 aromatic heterocycles. The van der Waals surface area contributed by atoms with E-state index in [2.05, 4.69) is 11.8 Å². The number of nitrogens with zero attached hydrogens (tertiary/aromatic N) is 2. The Morgan fingerprint density at radius 1 is 1.21 bits per heavy atom. The molecule has 0 aromatic rings. The lowest BCUT2D eigenvalue weighted by atomic mass is 9.98. The van der Waals surface area contributed by atoms with Gasteiger partial charge in [0.1, 0.15) is 0 Å². The fraction of sp³-hybridized carbons (Fsp3) is 0.933. The van der Waals surface area contributed by atoms with Gasteiger partial charge in [-0.05, 0) is 58.9 Å². The Hall–Kier alpha value is -0.610. The maximum absolute atomic E-state index is 12.4. The Morgan fingerprint density at radius 3 is 2.74 bits per heavy atom. The molecule has 2 aliphatic rings. The molecule has 0 radical (unpaired) electrons. The topological polar surface area (TPSA) is 43.8 Å². The van der Waals surface area contributed by atoms with E-state index in [1.54, 1.807) is 0 Å². The van der Waals surface area contributed by atoms with Crippen LogP contribution in [-0.2, 0) is 4.79 Å². The molecule has 110 valence electrons. The maximum Gasteiger partial charge on any atom is 0.236 e. The van der Waals surface area contributed by atoms with Gasteiger partial charge in [0.15, 0.2) is 0 Å². The lowest BCUT2D eigenvalue weighted by Gasteiger charge is -2.35. The minimum atomic E-state index is -0.545. The Balaban J connectivity index is 1.84. The SMILES string of the molecule is CC1CCCCN1C(=O)CN1CCCC(C)(O)CC1. The van der Waals surface area contributed by atoms with Gasteiger partial charge in [-0.25, -0.2) is 0 Å².